The zero-order valence-corrected chi connectivity index (χ0v) is 22.8. The predicted molar refractivity (Wildman–Crippen MR) is 142 cm³/mol. The topological polar surface area (TPSA) is 34.3 Å². The van der Waals surface area contributed by atoms with E-state index in [9.17, 15) is 0 Å². The molecule has 0 aliphatic rings. The minimum atomic E-state index is -0.877. The summed E-state index contributed by atoms with van der Waals surface area (Å²) in [5.74, 6) is 0. The summed E-state index contributed by atoms with van der Waals surface area (Å²) in [4.78, 5) is 0. The van der Waals surface area contributed by atoms with Gasteiger partial charge in [-0.3, -0.25) is 0 Å². The molecule has 0 aliphatic heterocycles. The first kappa shape index (κ1) is 30.7. The average molecular weight is 543 g/mol. The molecule has 176 valence electrons. The minimum absolute atomic E-state index is 0. The molecule has 4 heteroatoms. The normalized spacial score (nSPS) is 12.5. The fraction of sp³-hybridized carbons (Fsp3) is 0.321. The monoisotopic (exact) mass is 542 g/mol. The van der Waals surface area contributed by atoms with E-state index in [0.717, 1.165) is 6.42 Å². The van der Waals surface area contributed by atoms with Gasteiger partial charge >= 0.3 is 20.4 Å². The molecule has 1 N–H and O–H groups in total. The Morgan fingerprint density at radius 3 is 1.28 bits per heavy atom. The predicted octanol–water partition coefficient (Wildman–Crippen LogP) is 5.94. The van der Waals surface area contributed by atoms with Gasteiger partial charge in [-0.1, -0.05) is 82.3 Å². The third kappa shape index (κ3) is 11.5. The second kappa shape index (κ2) is 15.5. The van der Waals surface area contributed by atoms with Gasteiger partial charge in [-0.15, -0.1) is 11.6 Å². The number of rotatable bonds is 6. The molecule has 3 rings (SSSR count). The first-order valence-corrected chi connectivity index (χ1v) is 12.2. The molecule has 0 aromatic heterocycles. The summed E-state index contributed by atoms with van der Waals surface area (Å²) in [6, 6.07) is 32.8. The molecule has 0 radical (unpaired) electrons. The zero-order valence-electron chi connectivity index (χ0n) is 20.2. The van der Waals surface area contributed by atoms with E-state index in [0.29, 0.717) is 0 Å². The number of hydrogen-bond acceptors (Lipinski definition) is 1. The summed E-state index contributed by atoms with van der Waals surface area (Å²) in [5, 5.41) is 17.9. The maximum atomic E-state index is 9.06. The van der Waals surface area contributed by atoms with Crippen molar-refractivity contribution in [1.29, 1.82) is 0 Å². The second-order valence-corrected chi connectivity index (χ2v) is 11.2. The quantitative estimate of drug-likeness (QED) is 0.233. The molecule has 32 heavy (non-hydrogen) atoms. The molecule has 0 bridgehead atoms. The summed E-state index contributed by atoms with van der Waals surface area (Å²) in [7, 11) is -0.877. The van der Waals surface area contributed by atoms with Crippen molar-refractivity contribution >= 4 is 23.8 Å². The maximum Gasteiger partial charge on any atom is 2.00 e. The van der Waals surface area contributed by atoms with Crippen LogP contribution in [-0.4, -0.2) is 22.8 Å². The molecular weight excluding hydrogens is 504 g/mol. The van der Waals surface area contributed by atoms with Gasteiger partial charge in [0.2, 0.25) is 0 Å². The summed E-state index contributed by atoms with van der Waals surface area (Å²) in [5.41, 5.74) is 0.0221. The van der Waals surface area contributed by atoms with E-state index in [1.165, 1.54) is 15.9 Å². The van der Waals surface area contributed by atoms with E-state index in [1.807, 2.05) is 6.92 Å². The standard InChI is InChI=1S/C18H15P.C9H20NO.CH3.Pd/c1-4-10-16(11-5-1)19(17-12-6-2-7-13-17)18-14-8-3-9-15-18;1-7(6-8(2)11)10-9(3,4)5;;/h1-15H;7-8,11H,6H2,1-5H3;1H3;/q;2*-1;+2/p+1. The summed E-state index contributed by atoms with van der Waals surface area (Å²) in [6.07, 6.45) is 0.521. The molecule has 0 saturated heterocycles. The molecule has 3 aromatic carbocycles. The number of benzene rings is 3. The van der Waals surface area contributed by atoms with Crippen molar-refractivity contribution in [3.8, 4) is 0 Å². The maximum absolute atomic E-state index is 9.06. The van der Waals surface area contributed by atoms with Crippen LogP contribution in [0.3, 0.4) is 0 Å². The second-order valence-electron chi connectivity index (χ2n) is 8.71. The molecule has 0 spiro atoms. The van der Waals surface area contributed by atoms with Crippen molar-refractivity contribution in [2.75, 3.05) is 0 Å². The van der Waals surface area contributed by atoms with Gasteiger partial charge in [-0.25, -0.2) is 0 Å². The first-order chi connectivity index (χ1) is 14.3. The molecule has 2 atom stereocenters. The third-order valence-electron chi connectivity index (χ3n) is 4.48. The van der Waals surface area contributed by atoms with Gasteiger partial charge in [0.15, 0.2) is 0 Å². The fourth-order valence-electron chi connectivity index (χ4n) is 3.52. The molecule has 3 aromatic rings. The Hall–Kier alpha value is -1.33. The molecular formula is C28H39NOPPd+. The van der Waals surface area contributed by atoms with Gasteiger partial charge in [-0.05, 0) is 49.7 Å². The van der Waals surface area contributed by atoms with Gasteiger partial charge in [0, 0.05) is 6.10 Å². The molecule has 0 saturated carbocycles. The number of aliphatic hydroxyl groups is 1. The number of hydrogen-bond donors (Lipinski definition) is 1. The Bertz CT molecular complexity index is 742. The van der Waals surface area contributed by atoms with E-state index in [2.05, 4.69) is 117 Å². The van der Waals surface area contributed by atoms with Crippen LogP contribution >= 0.6 is 7.92 Å². The van der Waals surface area contributed by atoms with Crippen molar-refractivity contribution in [3.05, 3.63) is 104 Å². The number of nitrogens with zero attached hydrogens (tertiary/aromatic N) is 1. The Kier molecular flexibility index (Phi) is 14.9. The molecule has 0 heterocycles. The molecule has 0 fully saturated rings. The Morgan fingerprint density at radius 2 is 1.03 bits per heavy atom. The largest absolute Gasteiger partial charge is 2.00 e. The van der Waals surface area contributed by atoms with Crippen LogP contribution in [-0.2, 0) is 20.4 Å². The van der Waals surface area contributed by atoms with Gasteiger partial charge in [0.25, 0.3) is 0 Å². The van der Waals surface area contributed by atoms with Crippen LogP contribution in [0, 0.1) is 7.43 Å². The van der Waals surface area contributed by atoms with Crippen molar-refractivity contribution in [2.45, 2.75) is 58.7 Å². The van der Waals surface area contributed by atoms with E-state index >= 15 is 0 Å². The van der Waals surface area contributed by atoms with Gasteiger partial charge in [0.05, 0.1) is 7.92 Å². The van der Waals surface area contributed by atoms with Gasteiger partial charge in [-0.2, -0.15) is 0 Å². The number of aliphatic hydroxyl groups excluding tert-OH is 1. The smallest absolute Gasteiger partial charge is 0.655 e. The van der Waals surface area contributed by atoms with Crippen LogP contribution in [0.25, 0.3) is 5.32 Å². The SMILES string of the molecule is CC(O)CC(C)[N-]C(C)(C)C.[CH3-].[Pd+2].c1ccc([PH+](c2ccccc2)c2ccccc2)cc1. The average Bonchev–Trinajstić information content (AvgIpc) is 2.69. The van der Waals surface area contributed by atoms with Crippen LogP contribution in [0.15, 0.2) is 91.0 Å². The molecule has 2 unspecified atom stereocenters. The Balaban J connectivity index is 0.000000648. The first-order valence-electron chi connectivity index (χ1n) is 10.7. The van der Waals surface area contributed by atoms with Crippen LogP contribution in [0.5, 0.6) is 0 Å². The zero-order chi connectivity index (χ0) is 22.0. The van der Waals surface area contributed by atoms with Gasteiger partial charge in [0.1, 0.15) is 15.9 Å². The Morgan fingerprint density at radius 1 is 0.719 bits per heavy atom. The third-order valence-corrected chi connectivity index (χ3v) is 7.21. The summed E-state index contributed by atoms with van der Waals surface area (Å²) >= 11 is 0. The Labute approximate surface area is 211 Å². The van der Waals surface area contributed by atoms with E-state index in [4.69, 9.17) is 5.11 Å². The summed E-state index contributed by atoms with van der Waals surface area (Å²) in [6.45, 7) is 10.1. The molecule has 0 aliphatic carbocycles. The van der Waals surface area contributed by atoms with Crippen LogP contribution in [0.2, 0.25) is 0 Å². The van der Waals surface area contributed by atoms with Crippen LogP contribution < -0.4 is 15.9 Å². The minimum Gasteiger partial charge on any atom is -0.655 e. The van der Waals surface area contributed by atoms with Crippen LogP contribution in [0.1, 0.15) is 41.0 Å². The van der Waals surface area contributed by atoms with E-state index < -0.39 is 7.92 Å². The molecule has 2 nitrogen and oxygen atoms in total. The van der Waals surface area contributed by atoms with Crippen molar-refractivity contribution in [2.24, 2.45) is 0 Å². The van der Waals surface area contributed by atoms with E-state index in [1.54, 1.807) is 6.92 Å². The van der Waals surface area contributed by atoms with Gasteiger partial charge < -0.3 is 17.8 Å². The van der Waals surface area contributed by atoms with Crippen molar-refractivity contribution < 1.29 is 25.5 Å². The van der Waals surface area contributed by atoms with Crippen LogP contribution in [0.4, 0.5) is 0 Å². The fourth-order valence-corrected chi connectivity index (χ4v) is 6.10. The summed E-state index contributed by atoms with van der Waals surface area (Å²) < 4.78 is 0. The van der Waals surface area contributed by atoms with Crippen molar-refractivity contribution in [1.82, 2.24) is 0 Å². The molecule has 0 amide bonds. The van der Waals surface area contributed by atoms with E-state index in [-0.39, 0.29) is 45.5 Å². The van der Waals surface area contributed by atoms with Crippen molar-refractivity contribution in [3.63, 3.8) is 0 Å².